The molecule has 1 heterocycles. The summed E-state index contributed by atoms with van der Waals surface area (Å²) in [6.07, 6.45) is -1.38. The van der Waals surface area contributed by atoms with Crippen molar-refractivity contribution in [2.24, 2.45) is 0 Å². The van der Waals surface area contributed by atoms with Crippen LogP contribution in [0.3, 0.4) is 0 Å². The molecule has 1 aliphatic heterocycles. The predicted molar refractivity (Wildman–Crippen MR) is 55.3 cm³/mol. The molecule has 2 N–H and O–H groups in total. The van der Waals surface area contributed by atoms with Crippen LogP contribution >= 0.6 is 0 Å². The van der Waals surface area contributed by atoms with E-state index in [4.69, 9.17) is 19.5 Å². The third kappa shape index (κ3) is 2.97. The van der Waals surface area contributed by atoms with Gasteiger partial charge in [-0.2, -0.15) is 0 Å². The minimum Gasteiger partial charge on any atom is -0.509 e. The number of carbonyl (C=O) groups is 3. The second-order valence-electron chi connectivity index (χ2n) is 4.27. The number of hydrogen-bond acceptors (Lipinski definition) is 5. The number of aliphatic carboxylic acids is 2. The van der Waals surface area contributed by atoms with E-state index < -0.39 is 43.5 Å². The Balaban J connectivity index is 2.99. The molecular weight excluding hydrogens is 231 g/mol. The fourth-order valence-corrected chi connectivity index (χ4v) is 1.51. The van der Waals surface area contributed by atoms with Crippen LogP contribution in [0, 0.1) is 0 Å². The standard InChI is InChI=1S/C9H13BO7/c1-5(2)10-16-7(13)4-9(17-10,8(14)15)3-6(11)12/h5H,3-4H2,1-2H3,(H,11,12)(H,14,15). The predicted octanol–water partition coefficient (Wildman–Crippen LogP) is 0.146. The van der Waals surface area contributed by atoms with E-state index >= 15 is 0 Å². The first kappa shape index (κ1) is 13.5. The summed E-state index contributed by atoms with van der Waals surface area (Å²) in [5, 5.41) is 17.8. The summed E-state index contributed by atoms with van der Waals surface area (Å²) in [4.78, 5) is 33.1. The van der Waals surface area contributed by atoms with Gasteiger partial charge in [0, 0.05) is 5.82 Å². The molecule has 0 bridgehead atoms. The van der Waals surface area contributed by atoms with Crippen LogP contribution in [-0.2, 0) is 23.7 Å². The van der Waals surface area contributed by atoms with Crippen molar-refractivity contribution in [2.75, 3.05) is 0 Å². The van der Waals surface area contributed by atoms with Gasteiger partial charge in [-0.05, 0) is 0 Å². The average Bonchev–Trinajstić information content (AvgIpc) is 2.14. The zero-order chi connectivity index (χ0) is 13.2. The molecule has 0 radical (unpaired) electrons. The van der Waals surface area contributed by atoms with Gasteiger partial charge in [0.05, 0.1) is 12.8 Å². The Bertz CT molecular complexity index is 349. The number of carboxylic acids is 2. The smallest absolute Gasteiger partial charge is 0.509 e. The molecule has 0 aromatic heterocycles. The number of hydrogen-bond donors (Lipinski definition) is 2. The highest BCUT2D eigenvalue weighted by atomic mass is 16.6. The molecule has 1 saturated heterocycles. The number of rotatable bonds is 4. The van der Waals surface area contributed by atoms with Crippen molar-refractivity contribution in [1.82, 2.24) is 0 Å². The molecule has 0 saturated carbocycles. The summed E-state index contributed by atoms with van der Waals surface area (Å²) in [5.74, 6) is -3.84. The molecule has 0 aliphatic carbocycles. The Kier molecular flexibility index (Phi) is 3.77. The van der Waals surface area contributed by atoms with Gasteiger partial charge < -0.3 is 19.5 Å². The number of carboxylic acid groups (broad SMARTS) is 2. The second-order valence-corrected chi connectivity index (χ2v) is 4.27. The molecule has 1 rings (SSSR count). The zero-order valence-corrected chi connectivity index (χ0v) is 9.50. The van der Waals surface area contributed by atoms with E-state index in [1.54, 1.807) is 13.8 Å². The van der Waals surface area contributed by atoms with Gasteiger partial charge in [-0.25, -0.2) is 4.79 Å². The fourth-order valence-electron chi connectivity index (χ4n) is 1.51. The molecule has 0 aromatic rings. The van der Waals surface area contributed by atoms with Crippen molar-refractivity contribution in [3.05, 3.63) is 0 Å². The lowest BCUT2D eigenvalue weighted by atomic mass is 9.71. The van der Waals surface area contributed by atoms with Crippen LogP contribution in [0.25, 0.3) is 0 Å². The van der Waals surface area contributed by atoms with Crippen LogP contribution in [0.1, 0.15) is 26.7 Å². The summed E-state index contributed by atoms with van der Waals surface area (Å²) in [6.45, 7) is 3.35. The Morgan fingerprint density at radius 2 is 2.06 bits per heavy atom. The quantitative estimate of drug-likeness (QED) is 0.677. The van der Waals surface area contributed by atoms with E-state index in [0.717, 1.165) is 0 Å². The summed E-state index contributed by atoms with van der Waals surface area (Å²) in [7, 11) is -1.04. The highest BCUT2D eigenvalue weighted by Gasteiger charge is 2.52. The third-order valence-corrected chi connectivity index (χ3v) is 2.39. The van der Waals surface area contributed by atoms with Crippen LogP contribution in [-0.4, -0.2) is 40.8 Å². The highest BCUT2D eigenvalue weighted by Crippen LogP contribution is 2.31. The monoisotopic (exact) mass is 244 g/mol. The minimum atomic E-state index is -2.03. The number of carbonyl (C=O) groups excluding carboxylic acids is 1. The van der Waals surface area contributed by atoms with Crippen LogP contribution in [0.2, 0.25) is 5.82 Å². The molecule has 7 nitrogen and oxygen atoms in total. The van der Waals surface area contributed by atoms with Gasteiger partial charge >= 0.3 is 19.1 Å². The lowest BCUT2D eigenvalue weighted by Crippen LogP contribution is -2.55. The van der Waals surface area contributed by atoms with Crippen LogP contribution in [0.4, 0.5) is 0 Å². The maximum Gasteiger partial charge on any atom is 0.530 e. The van der Waals surface area contributed by atoms with E-state index in [9.17, 15) is 14.4 Å². The Labute approximate surface area is 97.8 Å². The molecule has 1 unspecified atom stereocenters. The topological polar surface area (TPSA) is 110 Å². The SMILES string of the molecule is CC(C)B1OC(=O)CC(CC(=O)O)(C(=O)O)O1. The summed E-state index contributed by atoms with van der Waals surface area (Å²) < 4.78 is 9.97. The van der Waals surface area contributed by atoms with E-state index in [1.807, 2.05) is 0 Å². The van der Waals surface area contributed by atoms with Crippen LogP contribution < -0.4 is 0 Å². The van der Waals surface area contributed by atoms with Gasteiger partial charge in [-0.1, -0.05) is 13.8 Å². The Hall–Kier alpha value is -1.57. The van der Waals surface area contributed by atoms with Crippen molar-refractivity contribution in [3.63, 3.8) is 0 Å². The Morgan fingerprint density at radius 1 is 1.47 bits per heavy atom. The largest absolute Gasteiger partial charge is 0.530 e. The molecule has 1 fully saturated rings. The molecule has 0 aromatic carbocycles. The van der Waals surface area contributed by atoms with Crippen molar-refractivity contribution in [3.8, 4) is 0 Å². The molecule has 17 heavy (non-hydrogen) atoms. The fraction of sp³-hybridized carbons (Fsp3) is 0.667. The van der Waals surface area contributed by atoms with E-state index in [0.29, 0.717) is 0 Å². The summed E-state index contributed by atoms with van der Waals surface area (Å²) in [5.41, 5.74) is -2.03. The molecule has 1 atom stereocenters. The van der Waals surface area contributed by atoms with E-state index in [2.05, 4.69) is 0 Å². The van der Waals surface area contributed by atoms with Gasteiger partial charge in [0.15, 0.2) is 5.60 Å². The van der Waals surface area contributed by atoms with Crippen molar-refractivity contribution in [2.45, 2.75) is 38.1 Å². The molecular formula is C9H13BO7. The Morgan fingerprint density at radius 3 is 2.47 bits per heavy atom. The first-order valence-electron chi connectivity index (χ1n) is 5.09. The van der Waals surface area contributed by atoms with Crippen LogP contribution in [0.5, 0.6) is 0 Å². The summed E-state index contributed by atoms with van der Waals surface area (Å²) >= 11 is 0. The van der Waals surface area contributed by atoms with Gasteiger partial charge in [0.1, 0.15) is 0 Å². The first-order valence-corrected chi connectivity index (χ1v) is 5.09. The normalized spacial score (nSPS) is 24.6. The van der Waals surface area contributed by atoms with Crippen molar-refractivity contribution < 1.29 is 33.9 Å². The lowest BCUT2D eigenvalue weighted by molar-refractivity contribution is -0.174. The first-order chi connectivity index (χ1) is 7.77. The molecule has 0 amide bonds. The highest BCUT2D eigenvalue weighted by molar-refractivity contribution is 6.49. The van der Waals surface area contributed by atoms with E-state index in [1.165, 1.54) is 0 Å². The molecule has 0 spiro atoms. The van der Waals surface area contributed by atoms with E-state index in [-0.39, 0.29) is 5.82 Å². The minimum absolute atomic E-state index is 0.258. The van der Waals surface area contributed by atoms with Crippen molar-refractivity contribution >= 4 is 25.0 Å². The van der Waals surface area contributed by atoms with Gasteiger partial charge in [0.2, 0.25) is 0 Å². The molecule has 94 valence electrons. The zero-order valence-electron chi connectivity index (χ0n) is 9.50. The van der Waals surface area contributed by atoms with Gasteiger partial charge in [-0.15, -0.1) is 0 Å². The second kappa shape index (κ2) is 4.74. The van der Waals surface area contributed by atoms with Gasteiger partial charge in [0.25, 0.3) is 5.97 Å². The maximum atomic E-state index is 11.3. The van der Waals surface area contributed by atoms with Crippen LogP contribution in [0.15, 0.2) is 0 Å². The van der Waals surface area contributed by atoms with Crippen molar-refractivity contribution in [1.29, 1.82) is 0 Å². The molecule has 8 heteroatoms. The molecule has 1 aliphatic rings. The average molecular weight is 244 g/mol. The lowest BCUT2D eigenvalue weighted by Gasteiger charge is -2.35. The van der Waals surface area contributed by atoms with Gasteiger partial charge in [-0.3, -0.25) is 9.59 Å². The maximum absolute atomic E-state index is 11.3. The third-order valence-electron chi connectivity index (χ3n) is 2.39. The summed E-state index contributed by atoms with van der Waals surface area (Å²) in [6, 6.07) is 0.